The summed E-state index contributed by atoms with van der Waals surface area (Å²) in [4.78, 5) is 4.50. The number of piperidine rings is 1. The van der Waals surface area contributed by atoms with Crippen LogP contribution < -0.4 is 4.74 Å². The van der Waals surface area contributed by atoms with Crippen LogP contribution in [-0.4, -0.2) is 36.9 Å². The number of ether oxygens (including phenoxy) is 1. The van der Waals surface area contributed by atoms with Crippen LogP contribution in [0.3, 0.4) is 0 Å². The van der Waals surface area contributed by atoms with Crippen LogP contribution in [0.5, 0.6) is 5.75 Å². The van der Waals surface area contributed by atoms with Crippen LogP contribution in [-0.2, 0) is 10.0 Å². The molecule has 0 spiro atoms. The van der Waals surface area contributed by atoms with E-state index in [2.05, 4.69) is 4.98 Å². The van der Waals surface area contributed by atoms with Gasteiger partial charge in [-0.25, -0.2) is 8.42 Å². The van der Waals surface area contributed by atoms with Crippen molar-refractivity contribution in [1.29, 1.82) is 0 Å². The lowest BCUT2D eigenvalue weighted by Crippen LogP contribution is -2.41. The average molecular weight is 451 g/mol. The Kier molecular flexibility index (Phi) is 5.71. The minimum Gasteiger partial charge on any atom is -0.488 e. The molecular formula is C21H20Cl2N2O3S. The van der Waals surface area contributed by atoms with E-state index in [1.54, 1.807) is 13.1 Å². The maximum atomic E-state index is 13.1. The third-order valence-corrected chi connectivity index (χ3v) is 7.89. The van der Waals surface area contributed by atoms with Gasteiger partial charge in [-0.1, -0.05) is 41.4 Å². The maximum Gasteiger partial charge on any atom is 0.244 e. The van der Waals surface area contributed by atoms with Gasteiger partial charge in [-0.3, -0.25) is 4.98 Å². The highest BCUT2D eigenvalue weighted by Crippen LogP contribution is 2.32. The van der Waals surface area contributed by atoms with Gasteiger partial charge >= 0.3 is 0 Å². The van der Waals surface area contributed by atoms with Gasteiger partial charge in [0.2, 0.25) is 10.0 Å². The first-order valence-corrected chi connectivity index (χ1v) is 11.5. The number of para-hydroxylation sites is 1. The second kappa shape index (κ2) is 8.11. The Labute approximate surface area is 180 Å². The lowest BCUT2D eigenvalue weighted by Gasteiger charge is -2.31. The average Bonchev–Trinajstić information content (AvgIpc) is 2.71. The van der Waals surface area contributed by atoms with E-state index in [0.29, 0.717) is 36.5 Å². The number of pyridine rings is 1. The number of sulfonamides is 1. The summed E-state index contributed by atoms with van der Waals surface area (Å²) in [6.07, 6.45) is 2.85. The molecule has 0 amide bonds. The summed E-state index contributed by atoms with van der Waals surface area (Å²) in [7, 11) is -3.69. The molecule has 8 heteroatoms. The summed E-state index contributed by atoms with van der Waals surface area (Å²) >= 11 is 12.2. The van der Waals surface area contributed by atoms with Crippen LogP contribution in [0, 0.1) is 6.92 Å². The first-order valence-electron chi connectivity index (χ1n) is 9.32. The number of aromatic nitrogens is 1. The number of hydrogen-bond acceptors (Lipinski definition) is 4. The highest BCUT2D eigenvalue weighted by atomic mass is 35.5. The fourth-order valence-corrected chi connectivity index (χ4v) is 5.79. The van der Waals surface area contributed by atoms with Crippen molar-refractivity contribution >= 4 is 44.1 Å². The van der Waals surface area contributed by atoms with Crippen molar-refractivity contribution in [2.75, 3.05) is 13.1 Å². The monoisotopic (exact) mass is 450 g/mol. The molecule has 152 valence electrons. The number of benzene rings is 2. The van der Waals surface area contributed by atoms with Crippen LogP contribution in [0.15, 0.2) is 53.6 Å². The topological polar surface area (TPSA) is 59.5 Å². The van der Waals surface area contributed by atoms with Crippen molar-refractivity contribution in [2.24, 2.45) is 0 Å². The van der Waals surface area contributed by atoms with E-state index in [9.17, 15) is 8.42 Å². The zero-order valence-corrected chi connectivity index (χ0v) is 18.1. The number of fused-ring (bicyclic) bond motifs is 1. The molecule has 29 heavy (non-hydrogen) atoms. The van der Waals surface area contributed by atoms with E-state index in [0.717, 1.165) is 16.7 Å². The van der Waals surface area contributed by atoms with Gasteiger partial charge < -0.3 is 4.74 Å². The van der Waals surface area contributed by atoms with E-state index in [1.807, 2.05) is 30.3 Å². The summed E-state index contributed by atoms with van der Waals surface area (Å²) in [5.41, 5.74) is 1.49. The molecule has 1 fully saturated rings. The fourth-order valence-electron chi connectivity index (χ4n) is 3.51. The molecule has 0 bridgehead atoms. The molecule has 0 aliphatic carbocycles. The highest BCUT2D eigenvalue weighted by Gasteiger charge is 2.32. The van der Waals surface area contributed by atoms with Crippen molar-refractivity contribution in [3.63, 3.8) is 0 Å². The summed E-state index contributed by atoms with van der Waals surface area (Å²) in [6.45, 7) is 2.49. The lowest BCUT2D eigenvalue weighted by atomic mass is 10.1. The van der Waals surface area contributed by atoms with Crippen LogP contribution in [0.4, 0.5) is 0 Å². The molecule has 1 aliphatic heterocycles. The van der Waals surface area contributed by atoms with Gasteiger partial charge in [0, 0.05) is 29.7 Å². The Morgan fingerprint density at radius 1 is 1.07 bits per heavy atom. The molecule has 1 aromatic heterocycles. The van der Waals surface area contributed by atoms with Crippen molar-refractivity contribution in [3.05, 3.63) is 64.3 Å². The molecule has 1 saturated heterocycles. The van der Waals surface area contributed by atoms with Crippen LogP contribution >= 0.6 is 23.2 Å². The van der Waals surface area contributed by atoms with Crippen LogP contribution in [0.25, 0.3) is 10.9 Å². The molecule has 0 radical (unpaired) electrons. The fraction of sp³-hybridized carbons (Fsp3) is 0.286. The Hall–Kier alpha value is -1.86. The zero-order chi connectivity index (χ0) is 20.6. The van der Waals surface area contributed by atoms with Crippen molar-refractivity contribution in [1.82, 2.24) is 9.29 Å². The van der Waals surface area contributed by atoms with Crippen LogP contribution in [0.2, 0.25) is 10.0 Å². The molecule has 4 rings (SSSR count). The predicted octanol–water partition coefficient (Wildman–Crippen LogP) is 5.08. The van der Waals surface area contributed by atoms with Gasteiger partial charge in [-0.05, 0) is 49.6 Å². The number of rotatable bonds is 4. The number of aryl methyl sites for hydroxylation is 1. The normalized spacial score (nSPS) is 16.2. The smallest absolute Gasteiger partial charge is 0.244 e. The SMILES string of the molecule is Cc1cc(S(=O)(=O)N2CCC(Oc3cccc4cccnc34)CC2)c(Cl)cc1Cl. The Bertz CT molecular complexity index is 1150. The summed E-state index contributed by atoms with van der Waals surface area (Å²) < 4.78 is 33.7. The summed E-state index contributed by atoms with van der Waals surface area (Å²) in [6, 6.07) is 12.7. The van der Waals surface area contributed by atoms with E-state index >= 15 is 0 Å². The highest BCUT2D eigenvalue weighted by molar-refractivity contribution is 7.89. The first-order chi connectivity index (χ1) is 13.9. The van der Waals surface area contributed by atoms with Gasteiger partial charge in [0.25, 0.3) is 0 Å². The molecule has 0 N–H and O–H groups in total. The first kappa shape index (κ1) is 20.4. The Morgan fingerprint density at radius 3 is 2.55 bits per heavy atom. The second-order valence-electron chi connectivity index (χ2n) is 7.08. The maximum absolute atomic E-state index is 13.1. The molecule has 2 heterocycles. The van der Waals surface area contributed by atoms with Crippen molar-refractivity contribution in [3.8, 4) is 5.75 Å². The van der Waals surface area contributed by atoms with Crippen LogP contribution in [0.1, 0.15) is 18.4 Å². The van der Waals surface area contributed by atoms with Gasteiger partial charge in [0.05, 0.1) is 5.02 Å². The molecule has 0 atom stereocenters. The van der Waals surface area contributed by atoms with E-state index in [-0.39, 0.29) is 16.0 Å². The van der Waals surface area contributed by atoms with E-state index in [1.165, 1.54) is 16.4 Å². The molecule has 5 nitrogen and oxygen atoms in total. The molecule has 2 aromatic carbocycles. The standard InChI is InChI=1S/C21H20Cl2N2O3S/c1-14-12-20(18(23)13-17(14)22)29(26,27)25-10-7-16(8-11-25)28-19-6-2-4-15-5-3-9-24-21(15)19/h2-6,9,12-13,16H,7-8,10-11H2,1H3. The van der Waals surface area contributed by atoms with E-state index in [4.69, 9.17) is 27.9 Å². The number of hydrogen-bond donors (Lipinski definition) is 0. The third-order valence-electron chi connectivity index (χ3n) is 5.12. The summed E-state index contributed by atoms with van der Waals surface area (Å²) in [5, 5.41) is 1.60. The summed E-state index contributed by atoms with van der Waals surface area (Å²) in [5.74, 6) is 0.723. The van der Waals surface area contributed by atoms with Crippen molar-refractivity contribution < 1.29 is 13.2 Å². The van der Waals surface area contributed by atoms with Gasteiger partial charge in [0.15, 0.2) is 0 Å². The van der Waals surface area contributed by atoms with Gasteiger partial charge in [-0.15, -0.1) is 0 Å². The molecule has 1 aliphatic rings. The molecule has 0 saturated carbocycles. The predicted molar refractivity (Wildman–Crippen MR) is 115 cm³/mol. The molecule has 3 aromatic rings. The Balaban J connectivity index is 1.49. The third kappa shape index (κ3) is 4.08. The lowest BCUT2D eigenvalue weighted by molar-refractivity contribution is 0.136. The number of halogens is 2. The minimum absolute atomic E-state index is 0.0727. The second-order valence-corrected chi connectivity index (χ2v) is 9.81. The van der Waals surface area contributed by atoms with Crippen molar-refractivity contribution in [2.45, 2.75) is 30.8 Å². The Morgan fingerprint density at radius 2 is 1.79 bits per heavy atom. The van der Waals surface area contributed by atoms with Gasteiger partial charge in [-0.2, -0.15) is 4.31 Å². The minimum atomic E-state index is -3.69. The largest absolute Gasteiger partial charge is 0.488 e. The number of nitrogens with zero attached hydrogens (tertiary/aromatic N) is 2. The molecule has 0 unspecified atom stereocenters. The van der Waals surface area contributed by atoms with Gasteiger partial charge in [0.1, 0.15) is 22.3 Å². The quantitative estimate of drug-likeness (QED) is 0.555. The zero-order valence-electron chi connectivity index (χ0n) is 15.8. The molecular weight excluding hydrogens is 431 g/mol. The van der Waals surface area contributed by atoms with E-state index < -0.39 is 10.0 Å².